The molecule has 0 aromatic rings. The van der Waals surface area contributed by atoms with Gasteiger partial charge in [-0.1, -0.05) is 11.6 Å². The summed E-state index contributed by atoms with van der Waals surface area (Å²) in [6, 6.07) is 0. The van der Waals surface area contributed by atoms with Gasteiger partial charge < -0.3 is 0 Å². The first kappa shape index (κ1) is 10.0. The normalized spacial score (nSPS) is 23.2. The van der Waals surface area contributed by atoms with Gasteiger partial charge in [-0.3, -0.25) is 4.18 Å². The summed E-state index contributed by atoms with van der Waals surface area (Å²) in [7, 11) is -3.39. The predicted molar refractivity (Wildman–Crippen MR) is 47.8 cm³/mol. The van der Waals surface area contributed by atoms with E-state index in [4.69, 9.17) is 11.6 Å². The average molecular weight is 211 g/mol. The van der Waals surface area contributed by atoms with Gasteiger partial charge in [-0.25, -0.2) is 0 Å². The van der Waals surface area contributed by atoms with Gasteiger partial charge in [0.15, 0.2) is 0 Å². The number of alkyl halides is 1. The molecule has 0 aromatic carbocycles. The fourth-order valence-electron chi connectivity index (χ4n) is 1.03. The van der Waals surface area contributed by atoms with E-state index < -0.39 is 15.4 Å². The van der Waals surface area contributed by atoms with Crippen LogP contribution in [-0.4, -0.2) is 26.2 Å². The maximum Gasteiger partial charge on any atom is 0.274 e. The van der Waals surface area contributed by atoms with E-state index in [0.29, 0.717) is 6.42 Å². The topological polar surface area (TPSA) is 43.4 Å². The largest absolute Gasteiger partial charge is 0.274 e. The molecule has 0 unspecified atom stereocenters. The van der Waals surface area contributed by atoms with Crippen molar-refractivity contribution < 1.29 is 12.6 Å². The molecule has 0 saturated carbocycles. The molecule has 70 valence electrons. The first-order valence-electron chi connectivity index (χ1n) is 3.69. The minimum atomic E-state index is -3.39. The van der Waals surface area contributed by atoms with Gasteiger partial charge in [-0.15, -0.1) is 11.6 Å². The molecule has 0 saturated heterocycles. The Balaban J connectivity index is 2.56. The zero-order valence-corrected chi connectivity index (χ0v) is 8.36. The molecule has 0 radical (unpaired) electrons. The summed E-state index contributed by atoms with van der Waals surface area (Å²) < 4.78 is 27.2. The third-order valence-electron chi connectivity index (χ3n) is 1.83. The minimum absolute atomic E-state index is 0.0632. The second-order valence-electron chi connectivity index (χ2n) is 2.68. The number of hydrogen-bond donors (Lipinski definition) is 0. The van der Waals surface area contributed by atoms with Crippen molar-refractivity contribution in [3.63, 3.8) is 0 Å². The Hall–Kier alpha value is -0.0600. The van der Waals surface area contributed by atoms with Crippen molar-refractivity contribution in [3.05, 3.63) is 11.6 Å². The SMILES string of the molecule is CC1=CC[C@@H]1S(=O)(=O)OCCCl. The number of allylic oxidation sites excluding steroid dienone is 1. The molecule has 1 atom stereocenters. The van der Waals surface area contributed by atoms with Crippen LogP contribution in [0.25, 0.3) is 0 Å². The lowest BCUT2D eigenvalue weighted by Crippen LogP contribution is -2.29. The van der Waals surface area contributed by atoms with Crippen molar-refractivity contribution in [2.75, 3.05) is 12.5 Å². The van der Waals surface area contributed by atoms with Crippen LogP contribution in [0.4, 0.5) is 0 Å². The van der Waals surface area contributed by atoms with E-state index in [2.05, 4.69) is 4.18 Å². The molecule has 0 bridgehead atoms. The first-order chi connectivity index (χ1) is 5.58. The van der Waals surface area contributed by atoms with Gasteiger partial charge in [-0.05, 0) is 13.3 Å². The minimum Gasteiger partial charge on any atom is -0.268 e. The molecule has 0 spiro atoms. The van der Waals surface area contributed by atoms with Crippen LogP contribution in [0.5, 0.6) is 0 Å². The summed E-state index contributed by atoms with van der Waals surface area (Å²) in [5.74, 6) is 0.203. The van der Waals surface area contributed by atoms with Gasteiger partial charge in [0.1, 0.15) is 5.25 Å². The third-order valence-corrected chi connectivity index (χ3v) is 3.75. The van der Waals surface area contributed by atoms with Crippen molar-refractivity contribution in [1.29, 1.82) is 0 Å². The molecule has 0 aromatic heterocycles. The summed E-state index contributed by atoms with van der Waals surface area (Å²) in [6.07, 6.45) is 2.45. The Morgan fingerprint density at radius 2 is 2.42 bits per heavy atom. The van der Waals surface area contributed by atoms with Crippen LogP contribution in [-0.2, 0) is 14.3 Å². The van der Waals surface area contributed by atoms with Crippen LogP contribution in [0.3, 0.4) is 0 Å². The van der Waals surface area contributed by atoms with Crippen molar-refractivity contribution >= 4 is 21.7 Å². The van der Waals surface area contributed by atoms with Crippen LogP contribution in [0.2, 0.25) is 0 Å². The Morgan fingerprint density at radius 1 is 1.75 bits per heavy atom. The molecule has 0 N–H and O–H groups in total. The number of halogens is 1. The van der Waals surface area contributed by atoms with Crippen LogP contribution in [0.1, 0.15) is 13.3 Å². The van der Waals surface area contributed by atoms with Crippen molar-refractivity contribution in [2.24, 2.45) is 0 Å². The highest BCUT2D eigenvalue weighted by molar-refractivity contribution is 7.87. The maximum atomic E-state index is 11.3. The first-order valence-corrected chi connectivity index (χ1v) is 5.69. The lowest BCUT2D eigenvalue weighted by molar-refractivity contribution is 0.333. The highest BCUT2D eigenvalue weighted by Gasteiger charge is 2.31. The number of rotatable bonds is 4. The molecule has 12 heavy (non-hydrogen) atoms. The molecule has 0 amide bonds. The second kappa shape index (κ2) is 3.77. The Bertz CT molecular complexity index is 281. The quantitative estimate of drug-likeness (QED) is 0.399. The van der Waals surface area contributed by atoms with E-state index in [1.54, 1.807) is 6.92 Å². The van der Waals surface area contributed by atoms with E-state index in [0.717, 1.165) is 5.57 Å². The Kier molecular flexibility index (Phi) is 3.15. The molecule has 3 nitrogen and oxygen atoms in total. The highest BCUT2D eigenvalue weighted by atomic mass is 35.5. The Labute approximate surface area is 77.5 Å². The predicted octanol–water partition coefficient (Wildman–Crippen LogP) is 1.29. The Morgan fingerprint density at radius 3 is 2.75 bits per heavy atom. The number of hydrogen-bond acceptors (Lipinski definition) is 3. The van der Waals surface area contributed by atoms with Gasteiger partial charge in [0.25, 0.3) is 10.1 Å². The second-order valence-corrected chi connectivity index (χ2v) is 4.84. The van der Waals surface area contributed by atoms with Crippen molar-refractivity contribution in [3.8, 4) is 0 Å². The van der Waals surface area contributed by atoms with Gasteiger partial charge >= 0.3 is 0 Å². The molecule has 1 rings (SSSR count). The maximum absolute atomic E-state index is 11.3. The molecular weight excluding hydrogens is 200 g/mol. The molecule has 0 aliphatic heterocycles. The van der Waals surface area contributed by atoms with E-state index in [1.165, 1.54) is 0 Å². The zero-order chi connectivity index (χ0) is 9.19. The van der Waals surface area contributed by atoms with Gasteiger partial charge in [0.05, 0.1) is 6.61 Å². The van der Waals surface area contributed by atoms with E-state index in [1.807, 2.05) is 6.08 Å². The van der Waals surface area contributed by atoms with E-state index >= 15 is 0 Å². The van der Waals surface area contributed by atoms with Crippen molar-refractivity contribution in [1.82, 2.24) is 0 Å². The standard InChI is InChI=1S/C7H11ClO3S/c1-6-2-3-7(6)12(9,10)11-5-4-8/h2,7H,3-5H2,1H3/t7-/m0/s1. The molecule has 5 heteroatoms. The lowest BCUT2D eigenvalue weighted by Gasteiger charge is -2.23. The van der Waals surface area contributed by atoms with Gasteiger partial charge in [0, 0.05) is 5.88 Å². The third kappa shape index (κ3) is 2.00. The van der Waals surface area contributed by atoms with Crippen LogP contribution < -0.4 is 0 Å². The smallest absolute Gasteiger partial charge is 0.268 e. The summed E-state index contributed by atoms with van der Waals surface area (Å²) in [6.45, 7) is 1.85. The molecule has 1 aliphatic rings. The summed E-state index contributed by atoms with van der Waals surface area (Å²) >= 11 is 5.31. The highest BCUT2D eigenvalue weighted by Crippen LogP contribution is 2.26. The van der Waals surface area contributed by atoms with Crippen LogP contribution in [0, 0.1) is 0 Å². The van der Waals surface area contributed by atoms with Crippen LogP contribution in [0.15, 0.2) is 11.6 Å². The zero-order valence-electron chi connectivity index (χ0n) is 6.79. The van der Waals surface area contributed by atoms with Gasteiger partial charge in [0.2, 0.25) is 0 Å². The summed E-state index contributed by atoms with van der Waals surface area (Å²) in [5, 5.41) is -0.430. The monoisotopic (exact) mass is 210 g/mol. The summed E-state index contributed by atoms with van der Waals surface area (Å²) in [5.41, 5.74) is 0.865. The molecular formula is C7H11ClO3S. The molecule has 1 aliphatic carbocycles. The summed E-state index contributed by atoms with van der Waals surface area (Å²) in [4.78, 5) is 0. The van der Waals surface area contributed by atoms with E-state index in [9.17, 15) is 8.42 Å². The average Bonchev–Trinajstić information content (AvgIpc) is 1.97. The van der Waals surface area contributed by atoms with Gasteiger partial charge in [-0.2, -0.15) is 8.42 Å². The van der Waals surface area contributed by atoms with Crippen LogP contribution >= 0.6 is 11.6 Å². The fraction of sp³-hybridized carbons (Fsp3) is 0.714. The molecule has 0 fully saturated rings. The van der Waals surface area contributed by atoms with Crippen molar-refractivity contribution in [2.45, 2.75) is 18.6 Å². The lowest BCUT2D eigenvalue weighted by atomic mass is 10.0. The molecule has 0 heterocycles. The fourth-order valence-corrected chi connectivity index (χ4v) is 2.56. The van der Waals surface area contributed by atoms with E-state index in [-0.39, 0.29) is 12.5 Å².